The lowest BCUT2D eigenvalue weighted by Gasteiger charge is -2.07. The molecule has 0 fully saturated rings. The number of pyridine rings is 1. The van der Waals surface area contributed by atoms with Crippen LogP contribution in [-0.2, 0) is 6.61 Å². The van der Waals surface area contributed by atoms with Gasteiger partial charge in [0.1, 0.15) is 0 Å². The zero-order chi connectivity index (χ0) is 12.6. The van der Waals surface area contributed by atoms with Gasteiger partial charge in [0.15, 0.2) is 11.6 Å². The Morgan fingerprint density at radius 2 is 2.18 bits per heavy atom. The van der Waals surface area contributed by atoms with Gasteiger partial charge in [0.25, 0.3) is 0 Å². The normalized spacial score (nSPS) is 10.9. The van der Waals surface area contributed by atoms with E-state index in [-0.39, 0.29) is 18.0 Å². The molecule has 0 saturated heterocycles. The second-order valence-electron chi connectivity index (χ2n) is 3.66. The maximum atomic E-state index is 14.0. The number of rotatable bonds is 2. The van der Waals surface area contributed by atoms with Crippen LogP contribution in [0.3, 0.4) is 0 Å². The zero-order valence-electron chi connectivity index (χ0n) is 9.41. The minimum Gasteiger partial charge on any atom is -0.392 e. The average Bonchev–Trinajstić information content (AvgIpc) is 2.57. The molecule has 2 heterocycles. The first-order chi connectivity index (χ1) is 8.06. The quantitative estimate of drug-likeness (QED) is 0.925. The van der Waals surface area contributed by atoms with Crippen molar-refractivity contribution in [3.05, 3.63) is 39.5 Å². The topological polar surface area (TPSA) is 50.9 Å². The first-order valence-corrected chi connectivity index (χ1v) is 5.82. The molecule has 4 nitrogen and oxygen atoms in total. The van der Waals surface area contributed by atoms with Crippen molar-refractivity contribution in [1.82, 2.24) is 14.8 Å². The monoisotopic (exact) mass is 299 g/mol. The van der Waals surface area contributed by atoms with E-state index in [2.05, 4.69) is 26.0 Å². The highest BCUT2D eigenvalue weighted by Crippen LogP contribution is 2.24. The van der Waals surface area contributed by atoms with Crippen LogP contribution in [0.4, 0.5) is 4.39 Å². The van der Waals surface area contributed by atoms with Gasteiger partial charge in [-0.05, 0) is 35.8 Å². The van der Waals surface area contributed by atoms with Crippen molar-refractivity contribution in [3.8, 4) is 5.82 Å². The fraction of sp³-hybridized carbons (Fsp3) is 0.273. The number of halogens is 2. The lowest BCUT2D eigenvalue weighted by atomic mass is 10.2. The number of aryl methyl sites for hydroxylation is 1. The Morgan fingerprint density at radius 3 is 2.71 bits per heavy atom. The summed E-state index contributed by atoms with van der Waals surface area (Å²) >= 11 is 3.37. The van der Waals surface area contributed by atoms with Crippen molar-refractivity contribution < 1.29 is 9.50 Å². The molecule has 0 amide bonds. The maximum Gasteiger partial charge on any atom is 0.190 e. The summed E-state index contributed by atoms with van der Waals surface area (Å²) in [4.78, 5) is 3.97. The minimum absolute atomic E-state index is 0.0999. The first-order valence-electron chi connectivity index (χ1n) is 5.02. The molecule has 0 aliphatic heterocycles. The van der Waals surface area contributed by atoms with E-state index >= 15 is 0 Å². The molecule has 0 bridgehead atoms. The number of hydrogen-bond acceptors (Lipinski definition) is 3. The average molecular weight is 300 g/mol. The summed E-state index contributed by atoms with van der Waals surface area (Å²) in [5.74, 6) is -0.448. The molecule has 0 aromatic carbocycles. The first kappa shape index (κ1) is 12.2. The van der Waals surface area contributed by atoms with Gasteiger partial charge in [-0.1, -0.05) is 0 Å². The van der Waals surface area contributed by atoms with Gasteiger partial charge in [-0.25, -0.2) is 14.1 Å². The van der Waals surface area contributed by atoms with Gasteiger partial charge in [-0.2, -0.15) is 5.10 Å². The summed E-state index contributed by atoms with van der Waals surface area (Å²) in [6.45, 7) is 3.28. The highest BCUT2D eigenvalue weighted by atomic mass is 79.9. The van der Waals surface area contributed by atoms with Crippen molar-refractivity contribution >= 4 is 15.9 Å². The predicted molar refractivity (Wildman–Crippen MR) is 64.4 cm³/mol. The molecular weight excluding hydrogens is 289 g/mol. The molecule has 90 valence electrons. The Balaban J connectivity index is 2.64. The second kappa shape index (κ2) is 4.54. The minimum atomic E-state index is -0.548. The Kier molecular flexibility index (Phi) is 3.26. The van der Waals surface area contributed by atoms with Crippen LogP contribution in [0.2, 0.25) is 0 Å². The molecule has 2 aromatic rings. The summed E-state index contributed by atoms with van der Waals surface area (Å²) in [5.41, 5.74) is 1.74. The van der Waals surface area contributed by atoms with Gasteiger partial charge in [-0.3, -0.25) is 0 Å². The summed E-state index contributed by atoms with van der Waals surface area (Å²) in [6.07, 6.45) is 1.45. The molecule has 0 atom stereocenters. The van der Waals surface area contributed by atoms with Gasteiger partial charge in [0.05, 0.1) is 22.5 Å². The number of nitrogens with zero attached hydrogens (tertiary/aromatic N) is 3. The highest BCUT2D eigenvalue weighted by molar-refractivity contribution is 9.10. The highest BCUT2D eigenvalue weighted by Gasteiger charge is 2.16. The van der Waals surface area contributed by atoms with Gasteiger partial charge in [0.2, 0.25) is 0 Å². The van der Waals surface area contributed by atoms with Gasteiger partial charge >= 0.3 is 0 Å². The van der Waals surface area contributed by atoms with E-state index < -0.39 is 5.82 Å². The molecule has 0 radical (unpaired) electrons. The Labute approximate surface area is 106 Å². The van der Waals surface area contributed by atoms with E-state index in [9.17, 15) is 4.39 Å². The predicted octanol–water partition coefficient (Wildman–Crippen LogP) is 2.28. The number of hydrogen-bond donors (Lipinski definition) is 1. The molecule has 1 N–H and O–H groups in total. The van der Waals surface area contributed by atoms with Gasteiger partial charge < -0.3 is 5.11 Å². The van der Waals surface area contributed by atoms with Gasteiger partial charge in [-0.15, -0.1) is 0 Å². The van der Waals surface area contributed by atoms with E-state index in [1.807, 2.05) is 13.8 Å². The SMILES string of the molecule is Cc1nn(-c2nccc(CO)c2F)c(C)c1Br. The van der Waals surface area contributed by atoms with Crippen LogP contribution >= 0.6 is 15.9 Å². The summed E-state index contributed by atoms with van der Waals surface area (Å²) in [7, 11) is 0. The third-order valence-electron chi connectivity index (χ3n) is 2.52. The smallest absolute Gasteiger partial charge is 0.190 e. The number of aromatic nitrogens is 3. The van der Waals surface area contributed by atoms with Crippen molar-refractivity contribution in [3.63, 3.8) is 0 Å². The van der Waals surface area contributed by atoms with Crippen molar-refractivity contribution in [2.45, 2.75) is 20.5 Å². The standard InChI is InChI=1S/C11H11BrFN3O/c1-6-9(12)7(2)16(15-6)11-10(13)8(5-17)3-4-14-11/h3-4,17H,5H2,1-2H3. The molecule has 0 saturated carbocycles. The molecule has 0 aliphatic carbocycles. The summed E-state index contributed by atoms with van der Waals surface area (Å²) < 4.78 is 16.2. The number of aliphatic hydroxyl groups excluding tert-OH is 1. The molecule has 0 aliphatic rings. The van der Waals surface area contributed by atoms with Crippen molar-refractivity contribution in [2.75, 3.05) is 0 Å². The zero-order valence-corrected chi connectivity index (χ0v) is 11.0. The molecule has 2 aromatic heterocycles. The molecule has 2 rings (SSSR count). The lowest BCUT2D eigenvalue weighted by Crippen LogP contribution is -2.07. The van der Waals surface area contributed by atoms with Gasteiger partial charge in [0, 0.05) is 11.8 Å². The molecule has 0 spiro atoms. The number of aliphatic hydroxyl groups is 1. The molecule has 0 unspecified atom stereocenters. The fourth-order valence-electron chi connectivity index (χ4n) is 1.57. The van der Waals surface area contributed by atoms with E-state index in [1.54, 1.807) is 0 Å². The van der Waals surface area contributed by atoms with Crippen molar-refractivity contribution in [2.24, 2.45) is 0 Å². The third kappa shape index (κ3) is 1.98. The van der Waals surface area contributed by atoms with E-state index in [1.165, 1.54) is 16.9 Å². The van der Waals surface area contributed by atoms with Crippen LogP contribution in [0.1, 0.15) is 17.0 Å². The van der Waals surface area contributed by atoms with E-state index in [0.717, 1.165) is 15.9 Å². The fourth-order valence-corrected chi connectivity index (χ4v) is 1.82. The Morgan fingerprint density at radius 1 is 1.47 bits per heavy atom. The summed E-state index contributed by atoms with van der Waals surface area (Å²) in [6, 6.07) is 1.44. The van der Waals surface area contributed by atoms with Crippen LogP contribution in [0.15, 0.2) is 16.7 Å². The van der Waals surface area contributed by atoms with Crippen LogP contribution in [0.5, 0.6) is 0 Å². The van der Waals surface area contributed by atoms with Crippen LogP contribution in [0.25, 0.3) is 5.82 Å². The van der Waals surface area contributed by atoms with Crippen LogP contribution in [-0.4, -0.2) is 19.9 Å². The molecule has 6 heteroatoms. The van der Waals surface area contributed by atoms with Crippen LogP contribution in [0, 0.1) is 19.7 Å². The van der Waals surface area contributed by atoms with E-state index in [0.29, 0.717) is 0 Å². The van der Waals surface area contributed by atoms with Crippen LogP contribution < -0.4 is 0 Å². The van der Waals surface area contributed by atoms with E-state index in [4.69, 9.17) is 5.11 Å². The Hall–Kier alpha value is -1.27. The van der Waals surface area contributed by atoms with Crippen molar-refractivity contribution in [1.29, 1.82) is 0 Å². The largest absolute Gasteiger partial charge is 0.392 e. The molecular formula is C11H11BrFN3O. The lowest BCUT2D eigenvalue weighted by molar-refractivity contribution is 0.275. The Bertz CT molecular complexity index is 568. The molecule has 17 heavy (non-hydrogen) atoms. The summed E-state index contributed by atoms with van der Waals surface area (Å²) in [5, 5.41) is 13.2. The third-order valence-corrected chi connectivity index (χ3v) is 3.67. The second-order valence-corrected chi connectivity index (χ2v) is 4.46. The maximum absolute atomic E-state index is 14.0.